The quantitative estimate of drug-likeness (QED) is 0.783. The molecule has 0 aromatic heterocycles. The van der Waals surface area contributed by atoms with Gasteiger partial charge < -0.3 is 14.8 Å². The molecule has 0 fully saturated rings. The Kier molecular flexibility index (Phi) is 6.89. The van der Waals surface area contributed by atoms with E-state index in [1.54, 1.807) is 14.2 Å². The summed E-state index contributed by atoms with van der Waals surface area (Å²) in [6, 6.07) is 5.63. The summed E-state index contributed by atoms with van der Waals surface area (Å²) in [5, 5.41) is 11.4. The van der Waals surface area contributed by atoms with Gasteiger partial charge in [0.1, 0.15) is 0 Å². The second-order valence-electron chi connectivity index (χ2n) is 4.50. The molecule has 114 valence electrons. The molecule has 0 aliphatic rings. The summed E-state index contributed by atoms with van der Waals surface area (Å²) < 4.78 is 10.5. The number of nitriles is 1. The Morgan fingerprint density at radius 1 is 1.38 bits per heavy atom. The Morgan fingerprint density at radius 3 is 2.57 bits per heavy atom. The molecule has 0 saturated heterocycles. The third-order valence-electron chi connectivity index (χ3n) is 3.02. The summed E-state index contributed by atoms with van der Waals surface area (Å²) in [5.74, 6) is 1.82. The second-order valence-corrected chi connectivity index (χ2v) is 5.49. The minimum Gasteiger partial charge on any atom is -0.493 e. The average Bonchev–Trinajstić information content (AvgIpc) is 2.46. The van der Waals surface area contributed by atoms with E-state index in [1.807, 2.05) is 32.0 Å². The third kappa shape index (κ3) is 4.87. The molecule has 1 unspecified atom stereocenters. The van der Waals surface area contributed by atoms with Crippen LogP contribution < -0.4 is 14.8 Å². The minimum atomic E-state index is -0.139. The standard InChI is InChI=1S/C15H20N2O3S/c1-10-7-13(19-3)14(20-4)8-12(10)11(2)17-15(18)9-21-6-5-16/h7-8,11H,6,9H2,1-4H3,(H,17,18). The van der Waals surface area contributed by atoms with Gasteiger partial charge in [-0.1, -0.05) is 0 Å². The number of carbonyl (C=O) groups is 1. The molecule has 21 heavy (non-hydrogen) atoms. The lowest BCUT2D eigenvalue weighted by Gasteiger charge is -2.19. The summed E-state index contributed by atoms with van der Waals surface area (Å²) in [5.41, 5.74) is 2.00. The van der Waals surface area contributed by atoms with Crippen molar-refractivity contribution in [3.8, 4) is 17.6 Å². The molecule has 1 N–H and O–H groups in total. The zero-order chi connectivity index (χ0) is 15.8. The van der Waals surface area contributed by atoms with Crippen molar-refractivity contribution >= 4 is 17.7 Å². The number of aryl methyl sites for hydroxylation is 1. The molecule has 5 nitrogen and oxygen atoms in total. The van der Waals surface area contributed by atoms with Crippen molar-refractivity contribution in [1.29, 1.82) is 5.26 Å². The van der Waals surface area contributed by atoms with E-state index in [9.17, 15) is 4.79 Å². The highest BCUT2D eigenvalue weighted by molar-refractivity contribution is 8.00. The highest BCUT2D eigenvalue weighted by atomic mass is 32.2. The molecule has 6 heteroatoms. The van der Waals surface area contributed by atoms with Crippen LogP contribution in [-0.4, -0.2) is 31.6 Å². The number of benzene rings is 1. The van der Waals surface area contributed by atoms with Crippen LogP contribution in [0.25, 0.3) is 0 Å². The van der Waals surface area contributed by atoms with Gasteiger partial charge in [0.15, 0.2) is 11.5 Å². The highest BCUT2D eigenvalue weighted by Gasteiger charge is 2.15. The van der Waals surface area contributed by atoms with Crippen LogP contribution in [0.5, 0.6) is 11.5 Å². The van der Waals surface area contributed by atoms with Crippen LogP contribution >= 0.6 is 11.8 Å². The van der Waals surface area contributed by atoms with E-state index in [4.69, 9.17) is 14.7 Å². The molecular formula is C15H20N2O3S. The first kappa shape index (κ1) is 17.2. The lowest BCUT2D eigenvalue weighted by molar-refractivity contribution is -0.119. The van der Waals surface area contributed by atoms with Crippen molar-refractivity contribution < 1.29 is 14.3 Å². The van der Waals surface area contributed by atoms with Crippen molar-refractivity contribution in [3.63, 3.8) is 0 Å². The summed E-state index contributed by atoms with van der Waals surface area (Å²) in [4.78, 5) is 11.8. The molecule has 1 rings (SSSR count). The Labute approximate surface area is 129 Å². The minimum absolute atomic E-state index is 0.0862. The number of hydrogen-bond acceptors (Lipinski definition) is 5. The van der Waals surface area contributed by atoms with E-state index in [-0.39, 0.29) is 17.7 Å². The molecule has 1 aromatic rings. The van der Waals surface area contributed by atoms with Gasteiger partial charge in [-0.25, -0.2) is 0 Å². The zero-order valence-electron chi connectivity index (χ0n) is 12.7. The number of rotatable bonds is 7. The van der Waals surface area contributed by atoms with Crippen molar-refractivity contribution in [1.82, 2.24) is 5.32 Å². The zero-order valence-corrected chi connectivity index (χ0v) is 13.5. The molecular weight excluding hydrogens is 288 g/mol. The topological polar surface area (TPSA) is 71.3 Å². The van der Waals surface area contributed by atoms with E-state index in [2.05, 4.69) is 5.32 Å². The van der Waals surface area contributed by atoms with E-state index >= 15 is 0 Å². The van der Waals surface area contributed by atoms with Crippen LogP contribution in [0.3, 0.4) is 0 Å². The van der Waals surface area contributed by atoms with Gasteiger partial charge in [-0.05, 0) is 37.1 Å². The maximum absolute atomic E-state index is 11.8. The Hall–Kier alpha value is -1.87. The lowest BCUT2D eigenvalue weighted by atomic mass is 10.0. The Morgan fingerprint density at radius 2 is 2.00 bits per heavy atom. The van der Waals surface area contributed by atoms with Gasteiger partial charge in [0.05, 0.1) is 37.8 Å². The number of methoxy groups -OCH3 is 2. The van der Waals surface area contributed by atoms with Gasteiger partial charge in [-0.2, -0.15) is 5.26 Å². The van der Waals surface area contributed by atoms with Gasteiger partial charge in [-0.3, -0.25) is 4.79 Å². The first-order valence-corrected chi connectivity index (χ1v) is 7.65. The fourth-order valence-corrected chi connectivity index (χ4v) is 2.48. The maximum Gasteiger partial charge on any atom is 0.230 e. The normalized spacial score (nSPS) is 11.4. The van der Waals surface area contributed by atoms with Crippen molar-refractivity contribution in [3.05, 3.63) is 23.3 Å². The summed E-state index contributed by atoms with van der Waals surface area (Å²) in [6.45, 7) is 3.88. The third-order valence-corrected chi connectivity index (χ3v) is 3.82. The fraction of sp³-hybridized carbons (Fsp3) is 0.467. The van der Waals surface area contributed by atoms with Crippen LogP contribution in [0.4, 0.5) is 0 Å². The SMILES string of the molecule is COc1cc(C)c(C(C)NC(=O)CSCC#N)cc1OC. The van der Waals surface area contributed by atoms with Crippen molar-refractivity contribution in [2.75, 3.05) is 25.7 Å². The molecule has 1 amide bonds. The molecule has 1 atom stereocenters. The number of hydrogen-bond donors (Lipinski definition) is 1. The monoisotopic (exact) mass is 308 g/mol. The van der Waals surface area contributed by atoms with Gasteiger partial charge in [-0.15, -0.1) is 11.8 Å². The number of ether oxygens (including phenoxy) is 2. The van der Waals surface area contributed by atoms with Gasteiger partial charge in [0.2, 0.25) is 5.91 Å². The molecule has 0 aliphatic carbocycles. The molecule has 0 saturated carbocycles. The molecule has 1 aromatic carbocycles. The van der Waals surface area contributed by atoms with Crippen LogP contribution in [0.1, 0.15) is 24.1 Å². The molecule has 0 heterocycles. The van der Waals surface area contributed by atoms with Crippen LogP contribution in [0, 0.1) is 18.3 Å². The number of nitrogens with zero attached hydrogens (tertiary/aromatic N) is 1. The fourth-order valence-electron chi connectivity index (χ4n) is 2.01. The summed E-state index contributed by atoms with van der Waals surface area (Å²) >= 11 is 1.30. The summed E-state index contributed by atoms with van der Waals surface area (Å²) in [6.07, 6.45) is 0. The van der Waals surface area contributed by atoms with Crippen molar-refractivity contribution in [2.45, 2.75) is 19.9 Å². The Balaban J connectivity index is 2.80. The lowest BCUT2D eigenvalue weighted by Crippen LogP contribution is -2.28. The first-order valence-electron chi connectivity index (χ1n) is 6.50. The molecule has 0 radical (unpaired) electrons. The number of carbonyl (C=O) groups excluding carboxylic acids is 1. The van der Waals surface area contributed by atoms with Gasteiger partial charge >= 0.3 is 0 Å². The number of amides is 1. The average molecular weight is 308 g/mol. The van der Waals surface area contributed by atoms with Crippen LogP contribution in [0.2, 0.25) is 0 Å². The summed E-state index contributed by atoms with van der Waals surface area (Å²) in [7, 11) is 3.17. The van der Waals surface area contributed by atoms with E-state index in [1.165, 1.54) is 11.8 Å². The number of thioether (sulfide) groups is 1. The predicted octanol–water partition coefficient (Wildman–Crippen LogP) is 2.45. The van der Waals surface area contributed by atoms with Crippen LogP contribution in [0.15, 0.2) is 12.1 Å². The van der Waals surface area contributed by atoms with Crippen LogP contribution in [-0.2, 0) is 4.79 Å². The van der Waals surface area contributed by atoms with E-state index in [0.717, 1.165) is 11.1 Å². The largest absolute Gasteiger partial charge is 0.493 e. The molecule has 0 bridgehead atoms. The Bertz CT molecular complexity index is 540. The molecule has 0 aliphatic heterocycles. The first-order chi connectivity index (χ1) is 10.0. The maximum atomic E-state index is 11.8. The van der Waals surface area contributed by atoms with Crippen molar-refractivity contribution in [2.24, 2.45) is 0 Å². The highest BCUT2D eigenvalue weighted by Crippen LogP contribution is 2.32. The number of nitrogens with one attached hydrogen (secondary N) is 1. The molecule has 0 spiro atoms. The van der Waals surface area contributed by atoms with E-state index < -0.39 is 0 Å². The van der Waals surface area contributed by atoms with Gasteiger partial charge in [0, 0.05) is 0 Å². The smallest absolute Gasteiger partial charge is 0.230 e. The van der Waals surface area contributed by atoms with Gasteiger partial charge in [0.25, 0.3) is 0 Å². The predicted molar refractivity (Wildman–Crippen MR) is 83.8 cm³/mol. The second kappa shape index (κ2) is 8.42. The van der Waals surface area contributed by atoms with E-state index in [0.29, 0.717) is 17.3 Å².